The van der Waals surface area contributed by atoms with Crippen LogP contribution in [0.3, 0.4) is 0 Å². The van der Waals surface area contributed by atoms with E-state index in [2.05, 4.69) is 0 Å². The van der Waals surface area contributed by atoms with Crippen molar-refractivity contribution in [3.05, 3.63) is 80.9 Å². The SMILES string of the molecule is CC/C(=C\c1ccc(O)cc1)CC[C@@H](O)C1=C(CO)C[C@H]2C(=O)N(c3cccc([N+](=O)[O-])c3)C(=O)[C@H]2[C@H]1CO. The molecule has 2 aromatic carbocycles. The summed E-state index contributed by atoms with van der Waals surface area (Å²) in [6.45, 7) is 1.04. The fourth-order valence-corrected chi connectivity index (χ4v) is 5.74. The van der Waals surface area contributed by atoms with Crippen molar-refractivity contribution in [3.63, 3.8) is 0 Å². The maximum Gasteiger partial charge on any atom is 0.271 e. The number of rotatable bonds is 10. The van der Waals surface area contributed by atoms with Crippen LogP contribution in [0.4, 0.5) is 11.4 Å². The van der Waals surface area contributed by atoms with Crippen LogP contribution in [0.5, 0.6) is 5.75 Å². The van der Waals surface area contributed by atoms with Crippen LogP contribution >= 0.6 is 0 Å². The number of hydrogen-bond acceptors (Lipinski definition) is 8. The first kappa shape index (κ1) is 28.2. The Morgan fingerprint density at radius 1 is 1.15 bits per heavy atom. The first-order valence-electron chi connectivity index (χ1n) is 12.9. The molecule has 0 spiro atoms. The molecule has 2 amide bonds. The number of benzene rings is 2. The minimum Gasteiger partial charge on any atom is -0.508 e. The molecule has 2 aromatic rings. The lowest BCUT2D eigenvalue weighted by Crippen LogP contribution is -2.39. The average Bonchev–Trinajstić information content (AvgIpc) is 3.19. The molecule has 4 atom stereocenters. The third kappa shape index (κ3) is 5.63. The number of nitrogens with zero attached hydrogens (tertiary/aromatic N) is 2. The molecule has 1 heterocycles. The lowest BCUT2D eigenvalue weighted by Gasteiger charge is -2.36. The highest BCUT2D eigenvalue weighted by Gasteiger charge is 2.55. The molecule has 2 aliphatic rings. The van der Waals surface area contributed by atoms with Gasteiger partial charge >= 0.3 is 0 Å². The molecular formula is C29H32N2O8. The summed E-state index contributed by atoms with van der Waals surface area (Å²) >= 11 is 0. The third-order valence-electron chi connectivity index (χ3n) is 7.69. The number of aromatic hydroxyl groups is 1. The summed E-state index contributed by atoms with van der Waals surface area (Å²) in [5.74, 6) is -3.67. The summed E-state index contributed by atoms with van der Waals surface area (Å²) < 4.78 is 0. The van der Waals surface area contributed by atoms with E-state index in [1.807, 2.05) is 13.0 Å². The van der Waals surface area contributed by atoms with Gasteiger partial charge in [-0.2, -0.15) is 0 Å². The molecule has 1 aliphatic carbocycles. The van der Waals surface area contributed by atoms with Gasteiger partial charge in [-0.3, -0.25) is 19.7 Å². The van der Waals surface area contributed by atoms with Gasteiger partial charge in [0, 0.05) is 18.1 Å². The molecule has 1 aliphatic heterocycles. The van der Waals surface area contributed by atoms with Gasteiger partial charge in [0.25, 0.3) is 5.69 Å². The standard InChI is InChI=1S/C29H32N2O8/c1-2-17(12-18-6-9-22(34)10-7-18)8-11-25(35)26-19(15-32)13-23-27(24(26)16-33)29(37)30(28(23)36)20-4-3-5-21(14-20)31(38)39/h3-7,9-10,12,14,23-25,27,32-35H,2,8,11,13,15-16H2,1H3/b17-12+/t23-,24+,25-,27-/m1/s1. The maximum atomic E-state index is 13.5. The van der Waals surface area contributed by atoms with Gasteiger partial charge in [-0.15, -0.1) is 0 Å². The van der Waals surface area contributed by atoms with Crippen molar-refractivity contribution in [2.45, 2.75) is 38.7 Å². The molecule has 0 bridgehead atoms. The molecule has 4 rings (SSSR count). The Kier molecular flexibility index (Phi) is 8.59. The number of aliphatic hydroxyl groups is 3. The van der Waals surface area contributed by atoms with E-state index in [1.165, 1.54) is 18.2 Å². The number of phenols is 1. The number of allylic oxidation sites excluding steroid dienone is 1. The number of carbonyl (C=O) groups excluding carboxylic acids is 2. The predicted octanol–water partition coefficient (Wildman–Crippen LogP) is 3.34. The van der Waals surface area contributed by atoms with Crippen molar-refractivity contribution in [1.29, 1.82) is 0 Å². The number of imide groups is 1. The van der Waals surface area contributed by atoms with E-state index in [4.69, 9.17) is 0 Å². The van der Waals surface area contributed by atoms with E-state index in [9.17, 15) is 40.1 Å². The number of nitro groups is 1. The second-order valence-corrected chi connectivity index (χ2v) is 9.93. The summed E-state index contributed by atoms with van der Waals surface area (Å²) in [4.78, 5) is 38.4. The van der Waals surface area contributed by atoms with E-state index in [0.717, 1.165) is 28.5 Å². The first-order valence-corrected chi connectivity index (χ1v) is 12.9. The molecule has 0 radical (unpaired) electrons. The number of non-ortho nitro benzene ring substituents is 1. The Labute approximate surface area is 225 Å². The molecule has 4 N–H and O–H groups in total. The number of aliphatic hydroxyl groups excluding tert-OH is 3. The van der Waals surface area contributed by atoms with Gasteiger partial charge in [-0.25, -0.2) is 4.90 Å². The molecule has 10 heteroatoms. The summed E-state index contributed by atoms with van der Waals surface area (Å²) in [6, 6.07) is 12.0. The number of fused-ring (bicyclic) bond motifs is 1. The van der Waals surface area contributed by atoms with Gasteiger partial charge in [-0.1, -0.05) is 36.8 Å². The smallest absolute Gasteiger partial charge is 0.271 e. The van der Waals surface area contributed by atoms with Crippen LogP contribution in [-0.4, -0.2) is 56.5 Å². The molecule has 0 unspecified atom stereocenters. The average molecular weight is 537 g/mol. The van der Waals surface area contributed by atoms with Crippen molar-refractivity contribution in [2.24, 2.45) is 17.8 Å². The zero-order valence-electron chi connectivity index (χ0n) is 21.6. The fourth-order valence-electron chi connectivity index (χ4n) is 5.74. The number of carbonyl (C=O) groups is 2. The summed E-state index contributed by atoms with van der Waals surface area (Å²) in [5.41, 5.74) is 2.56. The number of hydrogen-bond donors (Lipinski definition) is 4. The van der Waals surface area contributed by atoms with E-state index in [1.54, 1.807) is 24.3 Å². The normalized spacial score (nSPS) is 22.3. The maximum absolute atomic E-state index is 13.5. The number of anilines is 1. The minimum atomic E-state index is -1.06. The van der Waals surface area contributed by atoms with Crippen molar-refractivity contribution >= 4 is 29.3 Å². The fraction of sp³-hybridized carbons (Fsp3) is 0.379. The van der Waals surface area contributed by atoms with Crippen molar-refractivity contribution < 1.29 is 34.9 Å². The third-order valence-corrected chi connectivity index (χ3v) is 7.69. The van der Waals surface area contributed by atoms with Crippen LogP contribution < -0.4 is 4.90 Å². The van der Waals surface area contributed by atoms with Crippen molar-refractivity contribution in [1.82, 2.24) is 0 Å². The lowest BCUT2D eigenvalue weighted by atomic mass is 9.68. The molecule has 1 saturated heterocycles. The van der Waals surface area contributed by atoms with E-state index >= 15 is 0 Å². The van der Waals surface area contributed by atoms with Crippen LogP contribution in [0.15, 0.2) is 65.3 Å². The van der Waals surface area contributed by atoms with Crippen LogP contribution in [0.1, 0.15) is 38.2 Å². The highest BCUT2D eigenvalue weighted by molar-refractivity contribution is 6.22. The lowest BCUT2D eigenvalue weighted by molar-refractivity contribution is -0.384. The minimum absolute atomic E-state index is 0.0457. The molecule has 39 heavy (non-hydrogen) atoms. The molecule has 206 valence electrons. The second kappa shape index (κ2) is 11.9. The summed E-state index contributed by atoms with van der Waals surface area (Å²) in [6.07, 6.45) is 2.48. The highest BCUT2D eigenvalue weighted by Crippen LogP contribution is 2.47. The van der Waals surface area contributed by atoms with Gasteiger partial charge in [0.05, 0.1) is 41.8 Å². The van der Waals surface area contributed by atoms with Crippen LogP contribution in [0.25, 0.3) is 6.08 Å². The van der Waals surface area contributed by atoms with Gasteiger partial charge in [0.15, 0.2) is 0 Å². The Hall–Kier alpha value is -3.86. The second-order valence-electron chi connectivity index (χ2n) is 9.93. The van der Waals surface area contributed by atoms with E-state index in [0.29, 0.717) is 17.6 Å². The van der Waals surface area contributed by atoms with E-state index < -0.39 is 53.8 Å². The number of phenolic OH excluding ortho intramolecular Hbond substituents is 1. The Morgan fingerprint density at radius 3 is 2.49 bits per heavy atom. The zero-order chi connectivity index (χ0) is 28.3. The molecule has 1 fully saturated rings. The monoisotopic (exact) mass is 536 g/mol. The topological polar surface area (TPSA) is 161 Å². The van der Waals surface area contributed by atoms with Gasteiger partial charge in [0.1, 0.15) is 5.75 Å². The zero-order valence-corrected chi connectivity index (χ0v) is 21.6. The van der Waals surface area contributed by atoms with E-state index in [-0.39, 0.29) is 30.0 Å². The Balaban J connectivity index is 1.58. The Bertz CT molecular complexity index is 1320. The number of nitro benzene ring substituents is 1. The summed E-state index contributed by atoms with van der Waals surface area (Å²) in [5, 5.41) is 52.5. The molecule has 0 aromatic heterocycles. The number of amides is 2. The van der Waals surface area contributed by atoms with Crippen molar-refractivity contribution in [3.8, 4) is 5.75 Å². The first-order chi connectivity index (χ1) is 18.7. The van der Waals surface area contributed by atoms with Crippen LogP contribution in [0.2, 0.25) is 0 Å². The largest absolute Gasteiger partial charge is 0.508 e. The summed E-state index contributed by atoms with van der Waals surface area (Å²) in [7, 11) is 0. The van der Waals surface area contributed by atoms with Gasteiger partial charge < -0.3 is 20.4 Å². The molecular weight excluding hydrogens is 504 g/mol. The molecule has 0 saturated carbocycles. The predicted molar refractivity (Wildman–Crippen MR) is 143 cm³/mol. The van der Waals surface area contributed by atoms with Gasteiger partial charge in [0.2, 0.25) is 11.8 Å². The molecule has 10 nitrogen and oxygen atoms in total. The van der Waals surface area contributed by atoms with Crippen LogP contribution in [0, 0.1) is 27.9 Å². The highest BCUT2D eigenvalue weighted by atomic mass is 16.6. The van der Waals surface area contributed by atoms with Crippen LogP contribution in [-0.2, 0) is 9.59 Å². The Morgan fingerprint density at radius 2 is 1.87 bits per heavy atom. The van der Waals surface area contributed by atoms with Gasteiger partial charge in [-0.05, 0) is 60.6 Å². The quantitative estimate of drug-likeness (QED) is 0.156. The van der Waals surface area contributed by atoms with Crippen molar-refractivity contribution in [2.75, 3.05) is 18.1 Å².